The molecule has 1 saturated heterocycles. The van der Waals surface area contributed by atoms with Gasteiger partial charge in [0.1, 0.15) is 0 Å². The van der Waals surface area contributed by atoms with Gasteiger partial charge in [0.2, 0.25) is 0 Å². The van der Waals surface area contributed by atoms with Crippen LogP contribution in [0, 0.1) is 0 Å². The number of ether oxygens (including phenoxy) is 1. The highest BCUT2D eigenvalue weighted by Gasteiger charge is 2.29. The second-order valence-corrected chi connectivity index (χ2v) is 10.7. The summed E-state index contributed by atoms with van der Waals surface area (Å²) in [5, 5.41) is 0.895. The summed E-state index contributed by atoms with van der Waals surface area (Å²) in [6, 6.07) is 14.9. The monoisotopic (exact) mass is 465 g/mol. The van der Waals surface area contributed by atoms with Crippen molar-refractivity contribution in [2.45, 2.75) is 24.4 Å². The molecule has 0 atom stereocenters. The molecule has 3 heterocycles. The Morgan fingerprint density at radius 2 is 1.76 bits per heavy atom. The largest absolute Gasteiger partial charge is 0.378 e. The predicted molar refractivity (Wildman–Crippen MR) is 126 cm³/mol. The number of pyridine rings is 1. The number of benzene rings is 2. The van der Waals surface area contributed by atoms with Gasteiger partial charge in [-0.15, -0.1) is 0 Å². The third kappa shape index (κ3) is 4.51. The molecule has 1 fully saturated rings. The topological polar surface area (TPSA) is 79.8 Å². The molecule has 0 bridgehead atoms. The molecule has 7 nitrogen and oxygen atoms in total. The van der Waals surface area contributed by atoms with Crippen LogP contribution in [-0.2, 0) is 34.1 Å². The number of hydrogen-bond acceptors (Lipinski definition) is 6. The first kappa shape index (κ1) is 22.0. The average molecular weight is 466 g/mol. The fourth-order valence-electron chi connectivity index (χ4n) is 4.65. The third-order valence-electron chi connectivity index (χ3n) is 6.40. The van der Waals surface area contributed by atoms with Gasteiger partial charge >= 0.3 is 0 Å². The second-order valence-electron chi connectivity index (χ2n) is 8.71. The highest BCUT2D eigenvalue weighted by molar-refractivity contribution is 7.90. The standard InChI is InChI=1S/C25H27N3O4S/c1-33(30,31)19-8-6-18(7-9-19)16-27-11-10-23-21(17-27)24(20-4-2-3-5-22(20)26-23)25(29)28-12-14-32-15-13-28/h2-9H,10-17H2,1H3. The summed E-state index contributed by atoms with van der Waals surface area (Å²) in [7, 11) is -3.21. The first-order valence-corrected chi connectivity index (χ1v) is 13.1. The van der Waals surface area contributed by atoms with Crippen LogP contribution in [0.2, 0.25) is 0 Å². The van der Waals surface area contributed by atoms with Crippen molar-refractivity contribution >= 4 is 26.6 Å². The summed E-state index contributed by atoms with van der Waals surface area (Å²) in [5.41, 5.74) is 4.66. The van der Waals surface area contributed by atoms with E-state index in [0.29, 0.717) is 44.3 Å². The van der Waals surface area contributed by atoms with Crippen molar-refractivity contribution in [1.82, 2.24) is 14.8 Å². The Morgan fingerprint density at radius 3 is 2.48 bits per heavy atom. The minimum Gasteiger partial charge on any atom is -0.378 e. The van der Waals surface area contributed by atoms with E-state index in [1.807, 2.05) is 41.3 Å². The average Bonchev–Trinajstić information content (AvgIpc) is 2.82. The zero-order valence-corrected chi connectivity index (χ0v) is 19.5. The molecule has 0 aliphatic carbocycles. The highest BCUT2D eigenvalue weighted by atomic mass is 32.2. The number of para-hydroxylation sites is 1. The Labute approximate surface area is 193 Å². The number of carbonyl (C=O) groups is 1. The van der Waals surface area contributed by atoms with Crippen LogP contribution in [0.15, 0.2) is 53.4 Å². The minimum atomic E-state index is -3.21. The number of hydrogen-bond donors (Lipinski definition) is 0. The summed E-state index contributed by atoms with van der Waals surface area (Å²) in [6.45, 7) is 4.46. The summed E-state index contributed by atoms with van der Waals surface area (Å²) >= 11 is 0. The molecule has 1 amide bonds. The molecular weight excluding hydrogens is 438 g/mol. The molecule has 2 aromatic carbocycles. The first-order chi connectivity index (χ1) is 15.9. The quantitative estimate of drug-likeness (QED) is 0.590. The molecule has 5 rings (SSSR count). The van der Waals surface area contributed by atoms with Crippen LogP contribution >= 0.6 is 0 Å². The molecule has 8 heteroatoms. The molecule has 3 aromatic rings. The van der Waals surface area contributed by atoms with E-state index in [-0.39, 0.29) is 5.91 Å². The fraction of sp³-hybridized carbons (Fsp3) is 0.360. The molecule has 2 aliphatic heterocycles. The van der Waals surface area contributed by atoms with E-state index >= 15 is 0 Å². The maximum absolute atomic E-state index is 13.6. The number of rotatable bonds is 4. The van der Waals surface area contributed by atoms with E-state index in [0.717, 1.165) is 46.3 Å². The summed E-state index contributed by atoms with van der Waals surface area (Å²) < 4.78 is 28.9. The van der Waals surface area contributed by atoms with Crippen molar-refractivity contribution in [2.24, 2.45) is 0 Å². The smallest absolute Gasteiger partial charge is 0.255 e. The van der Waals surface area contributed by atoms with E-state index in [2.05, 4.69) is 4.90 Å². The number of fused-ring (bicyclic) bond motifs is 2. The number of nitrogens with zero attached hydrogens (tertiary/aromatic N) is 3. The van der Waals surface area contributed by atoms with Gasteiger partial charge in [0.15, 0.2) is 9.84 Å². The van der Waals surface area contributed by atoms with Gasteiger partial charge in [-0.2, -0.15) is 0 Å². The summed E-state index contributed by atoms with van der Waals surface area (Å²) in [4.78, 5) is 23.0. The number of carbonyl (C=O) groups excluding carboxylic acids is 1. The Bertz CT molecular complexity index is 1300. The Balaban J connectivity index is 1.47. The lowest BCUT2D eigenvalue weighted by atomic mass is 9.94. The molecule has 2 aliphatic rings. The lowest BCUT2D eigenvalue weighted by Gasteiger charge is -2.32. The van der Waals surface area contributed by atoms with Crippen molar-refractivity contribution < 1.29 is 17.9 Å². The zero-order valence-electron chi connectivity index (χ0n) is 18.7. The van der Waals surface area contributed by atoms with E-state index in [1.165, 1.54) is 6.26 Å². The van der Waals surface area contributed by atoms with E-state index in [9.17, 15) is 13.2 Å². The molecule has 0 unspecified atom stereocenters. The number of morpholine rings is 1. The molecule has 0 saturated carbocycles. The maximum Gasteiger partial charge on any atom is 0.255 e. The van der Waals surface area contributed by atoms with Gasteiger partial charge < -0.3 is 9.64 Å². The van der Waals surface area contributed by atoms with Gasteiger partial charge in [-0.3, -0.25) is 14.7 Å². The van der Waals surface area contributed by atoms with Crippen LogP contribution in [0.3, 0.4) is 0 Å². The van der Waals surface area contributed by atoms with Gasteiger partial charge in [0, 0.05) is 62.0 Å². The Morgan fingerprint density at radius 1 is 1.03 bits per heavy atom. The number of amides is 1. The molecule has 1 aromatic heterocycles. The van der Waals surface area contributed by atoms with E-state index in [4.69, 9.17) is 9.72 Å². The lowest BCUT2D eigenvalue weighted by Crippen LogP contribution is -2.42. The molecule has 172 valence electrons. The molecule has 0 spiro atoms. The van der Waals surface area contributed by atoms with Crippen LogP contribution in [0.1, 0.15) is 27.2 Å². The SMILES string of the molecule is CS(=O)(=O)c1ccc(CN2CCc3nc4ccccc4c(C(=O)N4CCOCC4)c3C2)cc1. The Hall–Kier alpha value is -2.81. The van der Waals surface area contributed by atoms with E-state index < -0.39 is 9.84 Å². The second kappa shape index (κ2) is 8.85. The van der Waals surface area contributed by atoms with Crippen LogP contribution in [-0.4, -0.2) is 68.2 Å². The number of aromatic nitrogens is 1. The maximum atomic E-state index is 13.6. The minimum absolute atomic E-state index is 0.0486. The van der Waals surface area contributed by atoms with Crippen molar-refractivity contribution in [1.29, 1.82) is 0 Å². The van der Waals surface area contributed by atoms with Crippen molar-refractivity contribution in [2.75, 3.05) is 39.1 Å². The van der Waals surface area contributed by atoms with Crippen LogP contribution in [0.5, 0.6) is 0 Å². The van der Waals surface area contributed by atoms with Crippen LogP contribution in [0.25, 0.3) is 10.9 Å². The summed E-state index contributed by atoms with van der Waals surface area (Å²) in [6.07, 6.45) is 1.99. The van der Waals surface area contributed by atoms with Gasteiger partial charge in [0.05, 0.1) is 29.2 Å². The van der Waals surface area contributed by atoms with E-state index in [1.54, 1.807) is 12.1 Å². The highest BCUT2D eigenvalue weighted by Crippen LogP contribution is 2.30. The Kier molecular flexibility index (Phi) is 5.90. The van der Waals surface area contributed by atoms with Crippen molar-refractivity contribution in [3.05, 3.63) is 70.9 Å². The van der Waals surface area contributed by atoms with Gasteiger partial charge in [-0.1, -0.05) is 30.3 Å². The molecule has 0 N–H and O–H groups in total. The van der Waals surface area contributed by atoms with Crippen LogP contribution < -0.4 is 0 Å². The van der Waals surface area contributed by atoms with Crippen molar-refractivity contribution in [3.63, 3.8) is 0 Å². The predicted octanol–water partition coefficient (Wildman–Crippen LogP) is 2.67. The third-order valence-corrected chi connectivity index (χ3v) is 7.52. The fourth-order valence-corrected chi connectivity index (χ4v) is 5.28. The first-order valence-electron chi connectivity index (χ1n) is 11.2. The summed E-state index contributed by atoms with van der Waals surface area (Å²) in [5.74, 6) is 0.0486. The zero-order chi connectivity index (χ0) is 23.0. The van der Waals surface area contributed by atoms with Gasteiger partial charge in [-0.05, 0) is 23.8 Å². The molecule has 33 heavy (non-hydrogen) atoms. The normalized spacial score (nSPS) is 17.2. The van der Waals surface area contributed by atoms with Gasteiger partial charge in [-0.25, -0.2) is 8.42 Å². The van der Waals surface area contributed by atoms with Crippen molar-refractivity contribution in [3.8, 4) is 0 Å². The lowest BCUT2D eigenvalue weighted by molar-refractivity contribution is 0.0302. The molecular formula is C25H27N3O4S. The van der Waals surface area contributed by atoms with Crippen LogP contribution in [0.4, 0.5) is 0 Å². The molecule has 0 radical (unpaired) electrons. The number of sulfone groups is 1. The van der Waals surface area contributed by atoms with Gasteiger partial charge in [0.25, 0.3) is 5.91 Å².